The third-order valence-corrected chi connectivity index (χ3v) is 1.66. The number of epoxide rings is 1. The van der Waals surface area contributed by atoms with E-state index in [1.165, 1.54) is 19.3 Å². The fourth-order valence-electron chi connectivity index (χ4n) is 1.21. The molecule has 1 heterocycles. The summed E-state index contributed by atoms with van der Waals surface area (Å²) in [5.41, 5.74) is 0. The Bertz CT molecular complexity index is 66.5. The van der Waals surface area contributed by atoms with Gasteiger partial charge in [-0.2, -0.15) is 0 Å². The van der Waals surface area contributed by atoms with Gasteiger partial charge < -0.3 is 10.9 Å². The van der Waals surface area contributed by atoms with Crippen LogP contribution in [0, 0.1) is 0 Å². The number of rotatable bonds is 0. The van der Waals surface area contributed by atoms with Gasteiger partial charge >= 0.3 is 0 Å². The van der Waals surface area contributed by atoms with Crippen LogP contribution in [0.3, 0.4) is 0 Å². The number of ether oxygens (including phenoxy) is 1. The van der Waals surface area contributed by atoms with Gasteiger partial charge in [0, 0.05) is 0 Å². The normalized spacial score (nSPS) is 44.6. The van der Waals surface area contributed by atoms with Crippen molar-refractivity contribution in [3.8, 4) is 0 Å². The molecule has 0 aromatic heterocycles. The summed E-state index contributed by atoms with van der Waals surface area (Å²) in [6, 6.07) is 0. The van der Waals surface area contributed by atoms with E-state index in [9.17, 15) is 0 Å². The zero-order chi connectivity index (χ0) is 3.98. The molecule has 3 N–H and O–H groups in total. The second kappa shape index (κ2) is 1.46. The number of fused-ring (bicyclic) bond motifs is 1. The van der Waals surface area contributed by atoms with Crippen molar-refractivity contribution < 1.29 is 4.74 Å². The minimum absolute atomic E-state index is 0. The molecule has 2 unspecified atom stereocenters. The van der Waals surface area contributed by atoms with Crippen LogP contribution in [0.5, 0.6) is 0 Å². The third kappa shape index (κ3) is 0.640. The van der Waals surface area contributed by atoms with Crippen LogP contribution in [0.1, 0.15) is 19.3 Å². The summed E-state index contributed by atoms with van der Waals surface area (Å²) in [4.78, 5) is 0. The summed E-state index contributed by atoms with van der Waals surface area (Å²) in [5, 5.41) is 0. The van der Waals surface area contributed by atoms with Crippen LogP contribution in [-0.2, 0) is 4.74 Å². The van der Waals surface area contributed by atoms with Crippen molar-refractivity contribution in [1.82, 2.24) is 6.15 Å². The highest BCUT2D eigenvalue weighted by Crippen LogP contribution is 2.37. The average molecular weight is 101 g/mol. The first-order valence-corrected chi connectivity index (χ1v) is 2.62. The molecule has 0 amide bonds. The predicted molar refractivity (Wildman–Crippen MR) is 27.5 cm³/mol. The van der Waals surface area contributed by atoms with Gasteiger partial charge in [0.15, 0.2) is 0 Å². The van der Waals surface area contributed by atoms with Crippen LogP contribution in [-0.4, -0.2) is 12.2 Å². The van der Waals surface area contributed by atoms with Gasteiger partial charge in [-0.15, -0.1) is 0 Å². The van der Waals surface area contributed by atoms with Crippen molar-refractivity contribution in [2.45, 2.75) is 31.5 Å². The zero-order valence-corrected chi connectivity index (χ0v) is 4.39. The van der Waals surface area contributed by atoms with E-state index >= 15 is 0 Å². The molecule has 0 spiro atoms. The molecular weight excluding hydrogens is 90.1 g/mol. The smallest absolute Gasteiger partial charge is 0.0841 e. The minimum Gasteiger partial charge on any atom is -0.370 e. The Kier molecular flexibility index (Phi) is 1.05. The Labute approximate surface area is 43.4 Å². The average Bonchev–Trinajstić information content (AvgIpc) is 2.17. The van der Waals surface area contributed by atoms with E-state index in [1.54, 1.807) is 0 Å². The Balaban J connectivity index is 0.000000245. The van der Waals surface area contributed by atoms with Gasteiger partial charge in [0.1, 0.15) is 0 Å². The zero-order valence-electron chi connectivity index (χ0n) is 4.39. The van der Waals surface area contributed by atoms with E-state index in [0.717, 1.165) is 0 Å². The first-order chi connectivity index (χ1) is 2.97. The maximum atomic E-state index is 5.15. The van der Waals surface area contributed by atoms with Crippen molar-refractivity contribution in [1.29, 1.82) is 0 Å². The van der Waals surface area contributed by atoms with Crippen LogP contribution >= 0.6 is 0 Å². The molecule has 1 saturated heterocycles. The highest BCUT2D eigenvalue weighted by Gasteiger charge is 2.42. The van der Waals surface area contributed by atoms with Crippen LogP contribution in [0.25, 0.3) is 0 Å². The van der Waals surface area contributed by atoms with Crippen molar-refractivity contribution in [3.05, 3.63) is 0 Å². The molecule has 1 aliphatic carbocycles. The molecule has 1 aliphatic heterocycles. The first-order valence-electron chi connectivity index (χ1n) is 2.62. The van der Waals surface area contributed by atoms with Crippen LogP contribution in [0.15, 0.2) is 0 Å². The summed E-state index contributed by atoms with van der Waals surface area (Å²) >= 11 is 0. The molecule has 2 aliphatic rings. The summed E-state index contributed by atoms with van der Waals surface area (Å²) in [6.07, 6.45) is 5.51. The minimum atomic E-state index is 0. The lowest BCUT2D eigenvalue weighted by Gasteiger charge is -1.81. The fraction of sp³-hybridized carbons (Fsp3) is 1.00. The Morgan fingerprint density at radius 1 is 1.14 bits per heavy atom. The standard InChI is InChI=1S/C5H8O.H3N/c1-2-4-5(3-1)6-4;/h4-5H,1-3H2;1H3. The van der Waals surface area contributed by atoms with Gasteiger partial charge in [0.2, 0.25) is 0 Å². The van der Waals surface area contributed by atoms with E-state index in [1.807, 2.05) is 0 Å². The molecule has 0 radical (unpaired) electrons. The van der Waals surface area contributed by atoms with E-state index in [-0.39, 0.29) is 6.15 Å². The fourth-order valence-corrected chi connectivity index (χ4v) is 1.21. The van der Waals surface area contributed by atoms with Crippen molar-refractivity contribution in [3.63, 3.8) is 0 Å². The van der Waals surface area contributed by atoms with Gasteiger partial charge in [0.25, 0.3) is 0 Å². The molecule has 0 bridgehead atoms. The molecule has 2 fully saturated rings. The number of hydrogen-bond donors (Lipinski definition) is 1. The Morgan fingerprint density at radius 2 is 1.71 bits per heavy atom. The molecule has 0 aromatic carbocycles. The second-order valence-electron chi connectivity index (χ2n) is 2.14. The lowest BCUT2D eigenvalue weighted by molar-refractivity contribution is 0.322. The lowest BCUT2D eigenvalue weighted by Crippen LogP contribution is -1.74. The Morgan fingerprint density at radius 3 is 1.86 bits per heavy atom. The highest BCUT2D eigenvalue weighted by molar-refractivity contribution is 4.90. The van der Waals surface area contributed by atoms with E-state index in [0.29, 0.717) is 12.2 Å². The topological polar surface area (TPSA) is 47.5 Å². The quantitative estimate of drug-likeness (QED) is 0.464. The molecule has 0 aromatic rings. The van der Waals surface area contributed by atoms with Gasteiger partial charge in [-0.1, -0.05) is 0 Å². The van der Waals surface area contributed by atoms with Crippen LogP contribution < -0.4 is 6.15 Å². The second-order valence-corrected chi connectivity index (χ2v) is 2.14. The van der Waals surface area contributed by atoms with E-state index in [4.69, 9.17) is 4.74 Å². The molecule has 1 saturated carbocycles. The Hall–Kier alpha value is -0.0800. The van der Waals surface area contributed by atoms with Crippen LogP contribution in [0.4, 0.5) is 0 Å². The monoisotopic (exact) mass is 101 g/mol. The maximum Gasteiger partial charge on any atom is 0.0841 e. The largest absolute Gasteiger partial charge is 0.370 e. The summed E-state index contributed by atoms with van der Waals surface area (Å²) in [6.45, 7) is 0. The van der Waals surface area contributed by atoms with E-state index in [2.05, 4.69) is 0 Å². The molecular formula is C5H11NO. The van der Waals surface area contributed by atoms with Gasteiger partial charge in [-0.3, -0.25) is 0 Å². The molecule has 2 heteroatoms. The summed E-state index contributed by atoms with van der Waals surface area (Å²) in [7, 11) is 0. The molecule has 2 atom stereocenters. The lowest BCUT2D eigenvalue weighted by atomic mass is 10.4. The highest BCUT2D eigenvalue weighted by atomic mass is 16.6. The first kappa shape index (κ1) is 5.06. The summed E-state index contributed by atoms with van der Waals surface area (Å²) in [5.74, 6) is 0. The SMILES string of the molecule is C1CC2OC2C1.N. The van der Waals surface area contributed by atoms with Crippen molar-refractivity contribution in [2.24, 2.45) is 0 Å². The molecule has 2 rings (SSSR count). The summed E-state index contributed by atoms with van der Waals surface area (Å²) < 4.78 is 5.15. The molecule has 7 heavy (non-hydrogen) atoms. The van der Waals surface area contributed by atoms with Gasteiger partial charge in [0.05, 0.1) is 12.2 Å². The van der Waals surface area contributed by atoms with Gasteiger partial charge in [-0.05, 0) is 19.3 Å². The molecule has 2 nitrogen and oxygen atoms in total. The molecule has 42 valence electrons. The maximum absolute atomic E-state index is 5.15. The number of hydrogen-bond acceptors (Lipinski definition) is 2. The predicted octanol–water partition coefficient (Wildman–Crippen LogP) is 1.10. The third-order valence-electron chi connectivity index (χ3n) is 1.66. The van der Waals surface area contributed by atoms with E-state index < -0.39 is 0 Å². The van der Waals surface area contributed by atoms with Crippen LogP contribution in [0.2, 0.25) is 0 Å². The van der Waals surface area contributed by atoms with Gasteiger partial charge in [-0.25, -0.2) is 0 Å². The van der Waals surface area contributed by atoms with Crippen molar-refractivity contribution >= 4 is 0 Å². The van der Waals surface area contributed by atoms with Crippen molar-refractivity contribution in [2.75, 3.05) is 0 Å².